The molecule has 2 fully saturated rings. The molecule has 0 spiro atoms. The molecular formula is C18H19N3O2S. The van der Waals surface area contributed by atoms with Crippen LogP contribution in [-0.2, 0) is 0 Å². The summed E-state index contributed by atoms with van der Waals surface area (Å²) in [4.78, 5) is 25.4. The van der Waals surface area contributed by atoms with E-state index in [9.17, 15) is 9.59 Å². The summed E-state index contributed by atoms with van der Waals surface area (Å²) in [6.45, 7) is 0. The van der Waals surface area contributed by atoms with Crippen LogP contribution in [0.1, 0.15) is 39.3 Å². The van der Waals surface area contributed by atoms with E-state index in [0.29, 0.717) is 22.5 Å². The lowest BCUT2D eigenvalue weighted by Gasteiger charge is -2.20. The third-order valence-corrected chi connectivity index (χ3v) is 6.01. The van der Waals surface area contributed by atoms with E-state index in [-0.39, 0.29) is 11.9 Å². The Kier molecular flexibility index (Phi) is 3.86. The highest BCUT2D eigenvalue weighted by atomic mass is 32.1. The zero-order valence-corrected chi connectivity index (χ0v) is 13.9. The number of carbonyl (C=O) groups is 2. The lowest BCUT2D eigenvalue weighted by Crippen LogP contribution is -2.42. The van der Waals surface area contributed by atoms with Crippen LogP contribution in [0.4, 0.5) is 0 Å². The number of fused-ring (bicyclic) bond motifs is 2. The van der Waals surface area contributed by atoms with Crippen LogP contribution in [0, 0.1) is 0 Å². The van der Waals surface area contributed by atoms with E-state index in [0.717, 1.165) is 23.3 Å². The number of hydrogen-bond donors (Lipinski definition) is 3. The molecule has 24 heavy (non-hydrogen) atoms. The van der Waals surface area contributed by atoms with E-state index < -0.39 is 5.91 Å². The molecule has 6 heteroatoms. The Labute approximate surface area is 144 Å². The van der Waals surface area contributed by atoms with E-state index in [2.05, 4.69) is 10.6 Å². The van der Waals surface area contributed by atoms with Gasteiger partial charge in [0, 0.05) is 28.6 Å². The van der Waals surface area contributed by atoms with Crippen LogP contribution in [0.25, 0.3) is 10.4 Å². The Balaban J connectivity index is 1.49. The van der Waals surface area contributed by atoms with Crippen molar-refractivity contribution in [3.63, 3.8) is 0 Å². The van der Waals surface area contributed by atoms with Crippen LogP contribution >= 0.6 is 11.3 Å². The van der Waals surface area contributed by atoms with Gasteiger partial charge in [0.2, 0.25) is 5.91 Å². The fraction of sp³-hybridized carbons (Fsp3) is 0.333. The van der Waals surface area contributed by atoms with Crippen molar-refractivity contribution in [2.24, 2.45) is 5.73 Å². The van der Waals surface area contributed by atoms with Crippen LogP contribution < -0.4 is 16.4 Å². The second-order valence-corrected chi connectivity index (χ2v) is 7.56. The molecule has 1 aromatic carbocycles. The first-order valence-corrected chi connectivity index (χ1v) is 8.99. The fourth-order valence-electron chi connectivity index (χ4n) is 3.66. The summed E-state index contributed by atoms with van der Waals surface area (Å²) < 4.78 is 0. The van der Waals surface area contributed by atoms with Crippen molar-refractivity contribution < 1.29 is 9.59 Å². The smallest absolute Gasteiger partial charge is 0.261 e. The predicted molar refractivity (Wildman–Crippen MR) is 94.1 cm³/mol. The van der Waals surface area contributed by atoms with Gasteiger partial charge in [-0.25, -0.2) is 0 Å². The summed E-state index contributed by atoms with van der Waals surface area (Å²) in [7, 11) is 0. The largest absolute Gasteiger partial charge is 0.366 e. The summed E-state index contributed by atoms with van der Waals surface area (Å²) >= 11 is 1.43. The van der Waals surface area contributed by atoms with E-state index in [4.69, 9.17) is 5.73 Å². The Morgan fingerprint density at radius 1 is 1.21 bits per heavy atom. The maximum Gasteiger partial charge on any atom is 0.261 e. The van der Waals surface area contributed by atoms with Gasteiger partial charge in [-0.1, -0.05) is 12.1 Å². The Morgan fingerprint density at radius 3 is 2.79 bits per heavy atom. The third kappa shape index (κ3) is 2.83. The van der Waals surface area contributed by atoms with Gasteiger partial charge in [-0.15, -0.1) is 11.3 Å². The number of benzene rings is 1. The van der Waals surface area contributed by atoms with Gasteiger partial charge in [-0.3, -0.25) is 9.59 Å². The summed E-state index contributed by atoms with van der Waals surface area (Å²) in [6.07, 6.45) is 3.39. The second kappa shape index (κ2) is 6.03. The maximum atomic E-state index is 12.5. The molecule has 2 saturated heterocycles. The molecule has 0 radical (unpaired) electrons. The van der Waals surface area contributed by atoms with Gasteiger partial charge in [-0.05, 0) is 49.1 Å². The highest BCUT2D eigenvalue weighted by Crippen LogP contribution is 2.31. The number of rotatable bonds is 4. The van der Waals surface area contributed by atoms with Crippen LogP contribution in [0.5, 0.6) is 0 Å². The van der Waals surface area contributed by atoms with Gasteiger partial charge < -0.3 is 16.4 Å². The van der Waals surface area contributed by atoms with Crippen molar-refractivity contribution in [3.05, 3.63) is 46.8 Å². The normalized spacial score (nSPS) is 24.9. The minimum Gasteiger partial charge on any atom is -0.366 e. The molecule has 0 aliphatic carbocycles. The highest BCUT2D eigenvalue weighted by Gasteiger charge is 2.39. The molecule has 0 saturated carbocycles. The highest BCUT2D eigenvalue weighted by molar-refractivity contribution is 7.17. The van der Waals surface area contributed by atoms with Gasteiger partial charge in [0.1, 0.15) is 0 Å². The number of nitrogens with one attached hydrogen (secondary N) is 2. The zero-order valence-electron chi connectivity index (χ0n) is 13.1. The first kappa shape index (κ1) is 15.4. The Bertz CT molecular complexity index is 801. The SMILES string of the molecule is NC(=O)c1cccc(-c2ccc(C(=O)NC3CC4CCC3N4)s2)c1. The van der Waals surface area contributed by atoms with Crippen LogP contribution in [0.15, 0.2) is 36.4 Å². The first-order valence-electron chi connectivity index (χ1n) is 8.17. The predicted octanol–water partition coefficient (Wildman–Crippen LogP) is 2.14. The molecule has 4 rings (SSSR count). The third-order valence-electron chi connectivity index (χ3n) is 4.88. The summed E-state index contributed by atoms with van der Waals surface area (Å²) in [6, 6.07) is 12.1. The van der Waals surface area contributed by atoms with Gasteiger partial charge in [0.05, 0.1) is 4.88 Å². The monoisotopic (exact) mass is 341 g/mol. The van der Waals surface area contributed by atoms with Crippen LogP contribution in [0.3, 0.4) is 0 Å². The van der Waals surface area contributed by atoms with Crippen molar-refractivity contribution in [1.82, 2.24) is 10.6 Å². The van der Waals surface area contributed by atoms with Crippen LogP contribution in [-0.4, -0.2) is 29.9 Å². The van der Waals surface area contributed by atoms with Crippen molar-refractivity contribution in [1.29, 1.82) is 0 Å². The molecule has 2 aromatic rings. The van der Waals surface area contributed by atoms with E-state index in [1.165, 1.54) is 17.8 Å². The molecule has 3 atom stereocenters. The molecule has 3 unspecified atom stereocenters. The van der Waals surface area contributed by atoms with Gasteiger partial charge >= 0.3 is 0 Å². The van der Waals surface area contributed by atoms with Crippen LogP contribution in [0.2, 0.25) is 0 Å². The minimum atomic E-state index is -0.449. The average molecular weight is 341 g/mol. The molecular weight excluding hydrogens is 322 g/mol. The van der Waals surface area contributed by atoms with Crippen molar-refractivity contribution in [2.45, 2.75) is 37.4 Å². The molecule has 3 heterocycles. The fourth-order valence-corrected chi connectivity index (χ4v) is 4.57. The molecule has 1 aromatic heterocycles. The number of primary amides is 1. The lowest BCUT2D eigenvalue weighted by molar-refractivity contribution is 0.0934. The van der Waals surface area contributed by atoms with Crippen molar-refractivity contribution >= 4 is 23.2 Å². The number of carbonyl (C=O) groups excluding carboxylic acids is 2. The topological polar surface area (TPSA) is 84.2 Å². The second-order valence-electron chi connectivity index (χ2n) is 6.47. The molecule has 2 aliphatic rings. The molecule has 5 nitrogen and oxygen atoms in total. The number of thiophene rings is 1. The molecule has 2 aliphatic heterocycles. The number of nitrogens with two attached hydrogens (primary N) is 1. The quantitative estimate of drug-likeness (QED) is 0.796. The van der Waals surface area contributed by atoms with E-state index >= 15 is 0 Å². The zero-order chi connectivity index (χ0) is 16.7. The standard InChI is InChI=1S/C18H19N3O2S/c19-17(22)11-3-1-2-10(8-11)15-6-7-16(24-15)18(23)21-14-9-12-4-5-13(14)20-12/h1-3,6-8,12-14,20H,4-5,9H2,(H2,19,22)(H,21,23). The molecule has 124 valence electrons. The number of amides is 2. The molecule has 4 N–H and O–H groups in total. The Hall–Kier alpha value is -2.18. The maximum absolute atomic E-state index is 12.5. The Morgan fingerprint density at radius 2 is 2.08 bits per heavy atom. The first-order chi connectivity index (χ1) is 11.6. The van der Waals surface area contributed by atoms with E-state index in [1.54, 1.807) is 18.2 Å². The van der Waals surface area contributed by atoms with Gasteiger partial charge in [-0.2, -0.15) is 0 Å². The van der Waals surface area contributed by atoms with Gasteiger partial charge in [0.15, 0.2) is 0 Å². The average Bonchev–Trinajstić information content (AvgIpc) is 3.31. The summed E-state index contributed by atoms with van der Waals surface area (Å²) in [5.41, 5.74) is 6.70. The molecule has 2 amide bonds. The summed E-state index contributed by atoms with van der Waals surface area (Å²) in [5, 5.41) is 6.68. The lowest BCUT2D eigenvalue weighted by atomic mass is 9.95. The summed E-state index contributed by atoms with van der Waals surface area (Å²) in [5.74, 6) is -0.466. The van der Waals surface area contributed by atoms with E-state index in [1.807, 2.05) is 18.2 Å². The van der Waals surface area contributed by atoms with Crippen molar-refractivity contribution in [2.75, 3.05) is 0 Å². The molecule has 2 bridgehead atoms. The van der Waals surface area contributed by atoms with Gasteiger partial charge in [0.25, 0.3) is 5.91 Å². The number of hydrogen-bond acceptors (Lipinski definition) is 4. The minimum absolute atomic E-state index is 0.0170. The van der Waals surface area contributed by atoms with Crippen molar-refractivity contribution in [3.8, 4) is 10.4 Å².